The largest absolute Gasteiger partial charge is 0.301 e. The Bertz CT molecular complexity index is 246. The first-order valence-electron chi connectivity index (χ1n) is 5.44. The summed E-state index contributed by atoms with van der Waals surface area (Å²) in [6.07, 6.45) is 1.03. The highest BCUT2D eigenvalue weighted by molar-refractivity contribution is 7.92. The predicted molar refractivity (Wildman–Crippen MR) is 66.4 cm³/mol. The van der Waals surface area contributed by atoms with E-state index in [1.807, 2.05) is 0 Å². The van der Waals surface area contributed by atoms with Gasteiger partial charge in [0.2, 0.25) is 0 Å². The van der Waals surface area contributed by atoms with Crippen LogP contribution in [-0.4, -0.2) is 49.8 Å². The van der Waals surface area contributed by atoms with E-state index >= 15 is 0 Å². The second-order valence-corrected chi connectivity index (χ2v) is 7.00. The van der Waals surface area contributed by atoms with Gasteiger partial charge in [-0.1, -0.05) is 6.92 Å². The van der Waals surface area contributed by atoms with Gasteiger partial charge in [0.05, 0.1) is 11.0 Å². The number of halogens is 1. The van der Waals surface area contributed by atoms with Gasteiger partial charge in [0.1, 0.15) is 0 Å². The zero-order chi connectivity index (χ0) is 11.9. The molecule has 0 aromatic rings. The lowest BCUT2D eigenvalue weighted by molar-refractivity contribution is 0.307. The number of nitrogens with zero attached hydrogens (tertiary/aromatic N) is 1. The molecule has 0 fully saturated rings. The first-order valence-corrected chi connectivity index (χ1v) is 7.69. The van der Waals surface area contributed by atoms with Gasteiger partial charge in [-0.3, -0.25) is 0 Å². The Labute approximate surface area is 98.7 Å². The molecule has 3 nitrogen and oxygen atoms in total. The third-order valence-corrected chi connectivity index (χ3v) is 4.71. The SMILES string of the molecule is CCCN(CCCl)CCS(=O)(=O)C(C)C. The van der Waals surface area contributed by atoms with Crippen molar-refractivity contribution in [3.8, 4) is 0 Å². The standard InChI is InChI=1S/C10H22ClNO2S/c1-4-6-12(7-5-11)8-9-15(13,14)10(2)3/h10H,4-9H2,1-3H3. The molecule has 15 heavy (non-hydrogen) atoms. The van der Waals surface area contributed by atoms with Gasteiger partial charge in [-0.2, -0.15) is 0 Å². The second kappa shape index (κ2) is 7.47. The molecule has 92 valence electrons. The van der Waals surface area contributed by atoms with Crippen LogP contribution in [-0.2, 0) is 9.84 Å². The number of alkyl halides is 1. The third kappa shape index (κ3) is 6.38. The van der Waals surface area contributed by atoms with Gasteiger partial charge >= 0.3 is 0 Å². The first-order chi connectivity index (χ1) is 6.94. The van der Waals surface area contributed by atoms with Gasteiger partial charge in [-0.05, 0) is 26.8 Å². The molecular formula is C10H22ClNO2S. The summed E-state index contributed by atoms with van der Waals surface area (Å²) in [5.74, 6) is 0.795. The molecule has 0 spiro atoms. The van der Waals surface area contributed by atoms with Crippen molar-refractivity contribution in [3.05, 3.63) is 0 Å². The molecule has 0 aliphatic heterocycles. The zero-order valence-corrected chi connectivity index (χ0v) is 11.4. The molecule has 0 aromatic carbocycles. The highest BCUT2D eigenvalue weighted by atomic mass is 35.5. The quantitative estimate of drug-likeness (QED) is 0.621. The van der Waals surface area contributed by atoms with Gasteiger partial charge in [-0.15, -0.1) is 11.6 Å². The van der Waals surface area contributed by atoms with Crippen LogP contribution in [0.15, 0.2) is 0 Å². The number of hydrogen-bond acceptors (Lipinski definition) is 3. The molecule has 0 aliphatic rings. The lowest BCUT2D eigenvalue weighted by Crippen LogP contribution is -2.33. The van der Waals surface area contributed by atoms with E-state index < -0.39 is 9.84 Å². The minimum absolute atomic E-state index is 0.238. The molecule has 0 amide bonds. The fraction of sp³-hybridized carbons (Fsp3) is 1.00. The van der Waals surface area contributed by atoms with Gasteiger partial charge in [0.15, 0.2) is 9.84 Å². The van der Waals surface area contributed by atoms with Crippen LogP contribution in [0.5, 0.6) is 0 Å². The summed E-state index contributed by atoms with van der Waals surface area (Å²) in [7, 11) is -2.91. The summed E-state index contributed by atoms with van der Waals surface area (Å²) < 4.78 is 23.2. The summed E-state index contributed by atoms with van der Waals surface area (Å²) in [6.45, 7) is 7.81. The highest BCUT2D eigenvalue weighted by Crippen LogP contribution is 2.02. The smallest absolute Gasteiger partial charge is 0.153 e. The topological polar surface area (TPSA) is 37.4 Å². The molecule has 0 N–H and O–H groups in total. The van der Waals surface area contributed by atoms with Crippen molar-refractivity contribution < 1.29 is 8.42 Å². The van der Waals surface area contributed by atoms with Crippen LogP contribution in [0.25, 0.3) is 0 Å². The predicted octanol–water partition coefficient (Wildman–Crippen LogP) is 1.76. The van der Waals surface area contributed by atoms with Gasteiger partial charge in [0, 0.05) is 19.0 Å². The van der Waals surface area contributed by atoms with E-state index in [1.165, 1.54) is 0 Å². The summed E-state index contributed by atoms with van der Waals surface area (Å²) >= 11 is 5.65. The lowest BCUT2D eigenvalue weighted by Gasteiger charge is -2.20. The van der Waals surface area contributed by atoms with Crippen LogP contribution >= 0.6 is 11.6 Å². The lowest BCUT2D eigenvalue weighted by atomic mass is 10.4. The Morgan fingerprint density at radius 2 is 1.80 bits per heavy atom. The molecule has 0 heterocycles. The van der Waals surface area contributed by atoms with Crippen molar-refractivity contribution in [2.24, 2.45) is 0 Å². The average molecular weight is 256 g/mol. The van der Waals surface area contributed by atoms with E-state index in [0.717, 1.165) is 19.5 Å². The highest BCUT2D eigenvalue weighted by Gasteiger charge is 2.17. The van der Waals surface area contributed by atoms with Crippen molar-refractivity contribution in [1.29, 1.82) is 0 Å². The summed E-state index contributed by atoms with van der Waals surface area (Å²) in [6, 6.07) is 0. The number of sulfone groups is 1. The Morgan fingerprint density at radius 1 is 1.20 bits per heavy atom. The van der Waals surface area contributed by atoms with Crippen LogP contribution in [0.4, 0.5) is 0 Å². The molecule has 0 radical (unpaired) electrons. The second-order valence-electron chi connectivity index (χ2n) is 3.95. The van der Waals surface area contributed by atoms with E-state index in [4.69, 9.17) is 11.6 Å². The molecule has 0 rings (SSSR count). The Morgan fingerprint density at radius 3 is 2.20 bits per heavy atom. The molecule has 0 unspecified atom stereocenters. The molecule has 0 saturated carbocycles. The number of hydrogen-bond donors (Lipinski definition) is 0. The molecule has 0 aromatic heterocycles. The van der Waals surface area contributed by atoms with Crippen molar-refractivity contribution in [1.82, 2.24) is 4.90 Å². The molecule has 0 bridgehead atoms. The van der Waals surface area contributed by atoms with Crippen LogP contribution in [0.1, 0.15) is 27.2 Å². The summed E-state index contributed by atoms with van der Waals surface area (Å²) in [5, 5.41) is -0.281. The van der Waals surface area contributed by atoms with Gasteiger partial charge in [0.25, 0.3) is 0 Å². The van der Waals surface area contributed by atoms with Crippen molar-refractivity contribution >= 4 is 21.4 Å². The minimum atomic E-state index is -2.91. The Balaban J connectivity index is 4.09. The van der Waals surface area contributed by atoms with E-state index in [9.17, 15) is 8.42 Å². The minimum Gasteiger partial charge on any atom is -0.301 e. The van der Waals surface area contributed by atoms with E-state index in [-0.39, 0.29) is 11.0 Å². The van der Waals surface area contributed by atoms with Crippen molar-refractivity contribution in [3.63, 3.8) is 0 Å². The molecule has 0 aliphatic carbocycles. The zero-order valence-electron chi connectivity index (χ0n) is 9.87. The fourth-order valence-corrected chi connectivity index (χ4v) is 2.49. The molecule has 0 atom stereocenters. The molecular weight excluding hydrogens is 234 g/mol. The van der Waals surface area contributed by atoms with Crippen LogP contribution < -0.4 is 0 Å². The van der Waals surface area contributed by atoms with Gasteiger partial charge < -0.3 is 4.90 Å². The maximum Gasteiger partial charge on any atom is 0.153 e. The summed E-state index contributed by atoms with van der Waals surface area (Å²) in [5.41, 5.74) is 0. The maximum absolute atomic E-state index is 11.6. The van der Waals surface area contributed by atoms with Crippen LogP contribution in [0.3, 0.4) is 0 Å². The summed E-state index contributed by atoms with van der Waals surface area (Å²) in [4.78, 5) is 2.10. The normalized spacial score (nSPS) is 12.7. The molecule has 0 saturated heterocycles. The fourth-order valence-electron chi connectivity index (χ4n) is 1.26. The van der Waals surface area contributed by atoms with Crippen LogP contribution in [0, 0.1) is 0 Å². The first kappa shape index (κ1) is 15.2. The number of rotatable bonds is 8. The molecule has 5 heteroatoms. The average Bonchev–Trinajstić information content (AvgIpc) is 2.15. The monoisotopic (exact) mass is 255 g/mol. The van der Waals surface area contributed by atoms with Gasteiger partial charge in [-0.25, -0.2) is 8.42 Å². The van der Waals surface area contributed by atoms with E-state index in [0.29, 0.717) is 12.4 Å². The van der Waals surface area contributed by atoms with E-state index in [2.05, 4.69) is 11.8 Å². The Kier molecular flexibility index (Phi) is 7.57. The van der Waals surface area contributed by atoms with Crippen molar-refractivity contribution in [2.45, 2.75) is 32.4 Å². The van der Waals surface area contributed by atoms with E-state index in [1.54, 1.807) is 13.8 Å². The third-order valence-electron chi connectivity index (χ3n) is 2.35. The maximum atomic E-state index is 11.6. The Hall–Kier alpha value is 0.200. The van der Waals surface area contributed by atoms with Crippen LogP contribution in [0.2, 0.25) is 0 Å². The van der Waals surface area contributed by atoms with Crippen molar-refractivity contribution in [2.75, 3.05) is 31.3 Å².